The van der Waals surface area contributed by atoms with Gasteiger partial charge in [-0.3, -0.25) is 10.1 Å². The van der Waals surface area contributed by atoms with Crippen molar-refractivity contribution in [2.24, 2.45) is 0 Å². The number of rotatable bonds is 8. The third kappa shape index (κ3) is 4.82. The highest BCUT2D eigenvalue weighted by Crippen LogP contribution is 2.29. The zero-order chi connectivity index (χ0) is 16.0. The van der Waals surface area contributed by atoms with E-state index in [0.717, 1.165) is 6.42 Å². The summed E-state index contributed by atoms with van der Waals surface area (Å²) in [4.78, 5) is 19.1. The molecular weight excluding hydrogens is 274 g/mol. The van der Waals surface area contributed by atoms with Gasteiger partial charge in [-0.25, -0.2) is 4.98 Å². The maximum atomic E-state index is 11.2. The second-order valence-corrected chi connectivity index (χ2v) is 5.50. The van der Waals surface area contributed by atoms with Crippen molar-refractivity contribution in [2.45, 2.75) is 46.1 Å². The Hall–Kier alpha value is -1.96. The van der Waals surface area contributed by atoms with Crippen LogP contribution in [0.4, 0.5) is 17.5 Å². The van der Waals surface area contributed by atoms with Crippen LogP contribution in [0.25, 0.3) is 0 Å². The molecule has 0 unspecified atom stereocenters. The van der Waals surface area contributed by atoms with Gasteiger partial charge in [0.1, 0.15) is 5.69 Å². The summed E-state index contributed by atoms with van der Waals surface area (Å²) >= 11 is 0. The standard InChI is InChI=1S/C13H23N5O3/c1-5-7-14-12-15-9(2)10(18(20)21)11(16-12)17-13(3,4)6-8-19/h19H,5-8H2,1-4H3,(H2,14,15,16,17). The molecule has 1 aromatic rings. The lowest BCUT2D eigenvalue weighted by Crippen LogP contribution is -2.33. The zero-order valence-electron chi connectivity index (χ0n) is 12.9. The SMILES string of the molecule is CCCNc1nc(C)c([N+](=O)[O-])c(NC(C)(C)CCO)n1. The van der Waals surface area contributed by atoms with Crippen LogP contribution in [0.5, 0.6) is 0 Å². The van der Waals surface area contributed by atoms with Crippen LogP contribution in [0, 0.1) is 17.0 Å². The van der Waals surface area contributed by atoms with Crippen molar-refractivity contribution in [3.63, 3.8) is 0 Å². The first-order chi connectivity index (χ1) is 9.80. The van der Waals surface area contributed by atoms with E-state index in [1.54, 1.807) is 6.92 Å². The van der Waals surface area contributed by atoms with E-state index in [2.05, 4.69) is 20.6 Å². The predicted octanol–water partition coefficient (Wildman–Crippen LogP) is 2.09. The average molecular weight is 297 g/mol. The number of anilines is 2. The second kappa shape index (κ2) is 7.16. The van der Waals surface area contributed by atoms with E-state index in [1.807, 2.05) is 20.8 Å². The molecule has 0 spiro atoms. The first kappa shape index (κ1) is 17.1. The molecule has 0 radical (unpaired) electrons. The Balaban J connectivity index is 3.18. The van der Waals surface area contributed by atoms with Gasteiger partial charge in [-0.2, -0.15) is 4.98 Å². The molecule has 0 saturated heterocycles. The molecule has 0 fully saturated rings. The van der Waals surface area contributed by atoms with Crippen molar-refractivity contribution in [3.8, 4) is 0 Å². The van der Waals surface area contributed by atoms with Crippen LogP contribution in [0.15, 0.2) is 0 Å². The maximum absolute atomic E-state index is 11.2. The van der Waals surface area contributed by atoms with E-state index in [0.29, 0.717) is 24.6 Å². The highest BCUT2D eigenvalue weighted by Gasteiger charge is 2.27. The van der Waals surface area contributed by atoms with Crippen molar-refractivity contribution >= 4 is 17.5 Å². The second-order valence-electron chi connectivity index (χ2n) is 5.50. The Morgan fingerprint density at radius 3 is 2.57 bits per heavy atom. The minimum absolute atomic E-state index is 0.0151. The van der Waals surface area contributed by atoms with Gasteiger partial charge in [-0.05, 0) is 33.6 Å². The number of aliphatic hydroxyl groups excluding tert-OH is 1. The number of aliphatic hydroxyl groups is 1. The van der Waals surface area contributed by atoms with Gasteiger partial charge in [0.05, 0.1) is 4.92 Å². The van der Waals surface area contributed by atoms with Gasteiger partial charge in [0, 0.05) is 18.7 Å². The van der Waals surface area contributed by atoms with Gasteiger partial charge < -0.3 is 15.7 Å². The molecule has 0 amide bonds. The van der Waals surface area contributed by atoms with Crippen LogP contribution < -0.4 is 10.6 Å². The Bertz CT molecular complexity index is 505. The van der Waals surface area contributed by atoms with E-state index in [-0.39, 0.29) is 18.1 Å². The Kier molecular flexibility index (Phi) is 5.83. The molecular formula is C13H23N5O3. The van der Waals surface area contributed by atoms with Crippen LogP contribution in [0.2, 0.25) is 0 Å². The molecule has 0 bridgehead atoms. The van der Waals surface area contributed by atoms with Gasteiger partial charge in [-0.15, -0.1) is 0 Å². The lowest BCUT2D eigenvalue weighted by Gasteiger charge is -2.26. The molecule has 0 saturated carbocycles. The van der Waals surface area contributed by atoms with Crippen molar-refractivity contribution < 1.29 is 10.0 Å². The molecule has 0 atom stereocenters. The molecule has 1 heterocycles. The van der Waals surface area contributed by atoms with Gasteiger partial charge in [-0.1, -0.05) is 6.92 Å². The molecule has 21 heavy (non-hydrogen) atoms. The van der Waals surface area contributed by atoms with E-state index < -0.39 is 10.5 Å². The summed E-state index contributed by atoms with van der Waals surface area (Å²) in [5.74, 6) is 0.534. The van der Waals surface area contributed by atoms with Crippen LogP contribution in [-0.2, 0) is 0 Å². The molecule has 118 valence electrons. The van der Waals surface area contributed by atoms with Crippen molar-refractivity contribution in [1.82, 2.24) is 9.97 Å². The number of aryl methyl sites for hydroxylation is 1. The highest BCUT2D eigenvalue weighted by atomic mass is 16.6. The molecule has 0 aliphatic heterocycles. The number of hydrogen-bond acceptors (Lipinski definition) is 7. The lowest BCUT2D eigenvalue weighted by atomic mass is 10.0. The fourth-order valence-corrected chi connectivity index (χ4v) is 1.85. The minimum Gasteiger partial charge on any atom is -0.396 e. The lowest BCUT2D eigenvalue weighted by molar-refractivity contribution is -0.385. The monoisotopic (exact) mass is 297 g/mol. The van der Waals surface area contributed by atoms with Crippen molar-refractivity contribution in [1.29, 1.82) is 0 Å². The summed E-state index contributed by atoms with van der Waals surface area (Å²) in [5, 5.41) is 26.4. The topological polar surface area (TPSA) is 113 Å². The third-order valence-corrected chi connectivity index (χ3v) is 2.97. The Labute approximate surface area is 124 Å². The quantitative estimate of drug-likeness (QED) is 0.497. The summed E-state index contributed by atoms with van der Waals surface area (Å²) in [6.07, 6.45) is 1.35. The third-order valence-electron chi connectivity index (χ3n) is 2.97. The average Bonchev–Trinajstić information content (AvgIpc) is 2.34. The fraction of sp³-hybridized carbons (Fsp3) is 0.692. The van der Waals surface area contributed by atoms with E-state index >= 15 is 0 Å². The normalized spacial score (nSPS) is 11.3. The molecule has 3 N–H and O–H groups in total. The van der Waals surface area contributed by atoms with Crippen LogP contribution >= 0.6 is 0 Å². The van der Waals surface area contributed by atoms with Gasteiger partial charge >= 0.3 is 5.69 Å². The maximum Gasteiger partial charge on any atom is 0.332 e. The van der Waals surface area contributed by atoms with Crippen LogP contribution in [0.3, 0.4) is 0 Å². The summed E-state index contributed by atoms with van der Waals surface area (Å²) in [5.41, 5.74) is -0.346. The zero-order valence-corrected chi connectivity index (χ0v) is 12.9. The Morgan fingerprint density at radius 2 is 2.05 bits per heavy atom. The van der Waals surface area contributed by atoms with Gasteiger partial charge in [0.2, 0.25) is 11.8 Å². The molecule has 1 rings (SSSR count). The molecule has 8 heteroatoms. The van der Waals surface area contributed by atoms with E-state index in [9.17, 15) is 10.1 Å². The molecule has 1 aromatic heterocycles. The van der Waals surface area contributed by atoms with E-state index in [1.165, 1.54) is 0 Å². The molecule has 8 nitrogen and oxygen atoms in total. The molecule has 0 aliphatic carbocycles. The fourth-order valence-electron chi connectivity index (χ4n) is 1.85. The van der Waals surface area contributed by atoms with Gasteiger partial charge in [0.15, 0.2) is 0 Å². The first-order valence-corrected chi connectivity index (χ1v) is 6.96. The minimum atomic E-state index is -0.512. The smallest absolute Gasteiger partial charge is 0.332 e. The largest absolute Gasteiger partial charge is 0.396 e. The van der Waals surface area contributed by atoms with Gasteiger partial charge in [0.25, 0.3) is 0 Å². The van der Waals surface area contributed by atoms with Crippen molar-refractivity contribution in [3.05, 3.63) is 15.8 Å². The number of nitrogens with zero attached hydrogens (tertiary/aromatic N) is 3. The summed E-state index contributed by atoms with van der Waals surface area (Å²) in [6, 6.07) is 0. The number of nitrogens with one attached hydrogen (secondary N) is 2. The molecule has 0 aliphatic rings. The Morgan fingerprint density at radius 1 is 1.38 bits per heavy atom. The summed E-state index contributed by atoms with van der Waals surface area (Å²) < 4.78 is 0. The van der Waals surface area contributed by atoms with Crippen LogP contribution in [0.1, 0.15) is 39.3 Å². The van der Waals surface area contributed by atoms with Crippen molar-refractivity contribution in [2.75, 3.05) is 23.8 Å². The number of hydrogen-bond donors (Lipinski definition) is 3. The first-order valence-electron chi connectivity index (χ1n) is 6.96. The summed E-state index contributed by atoms with van der Waals surface area (Å²) in [7, 11) is 0. The molecule has 0 aromatic carbocycles. The number of nitro groups is 1. The predicted molar refractivity (Wildman–Crippen MR) is 81.6 cm³/mol. The van der Waals surface area contributed by atoms with E-state index in [4.69, 9.17) is 5.11 Å². The summed E-state index contributed by atoms with van der Waals surface area (Å²) in [6.45, 7) is 7.97. The highest BCUT2D eigenvalue weighted by molar-refractivity contribution is 5.61. The number of aromatic nitrogens is 2. The van der Waals surface area contributed by atoms with Crippen LogP contribution in [-0.4, -0.2) is 38.7 Å².